The zero-order valence-corrected chi connectivity index (χ0v) is 9.99. The molecular weight excluding hydrogens is 200 g/mol. The summed E-state index contributed by atoms with van der Waals surface area (Å²) in [5.41, 5.74) is 1.32. The molecule has 16 heavy (non-hydrogen) atoms. The van der Waals surface area contributed by atoms with Gasteiger partial charge in [0.25, 0.3) is 0 Å². The minimum atomic E-state index is -0.114. The molecule has 0 aliphatic heterocycles. The van der Waals surface area contributed by atoms with Gasteiger partial charge in [0.2, 0.25) is 5.91 Å². The molecule has 0 radical (unpaired) electrons. The van der Waals surface area contributed by atoms with E-state index < -0.39 is 0 Å². The summed E-state index contributed by atoms with van der Waals surface area (Å²) in [6.45, 7) is 2.59. The zero-order chi connectivity index (χ0) is 11.8. The van der Waals surface area contributed by atoms with Crippen molar-refractivity contribution < 1.29 is 4.79 Å². The second-order valence-corrected chi connectivity index (χ2v) is 3.89. The molecule has 1 atom stereocenters. The van der Waals surface area contributed by atoms with Crippen LogP contribution in [-0.4, -0.2) is 25.5 Å². The summed E-state index contributed by atoms with van der Waals surface area (Å²) in [7, 11) is 1.79. The van der Waals surface area contributed by atoms with Crippen LogP contribution in [0.1, 0.15) is 18.9 Å². The lowest BCUT2D eigenvalue weighted by atomic mass is 10.1. The highest BCUT2D eigenvalue weighted by Crippen LogP contribution is 2.01. The molecule has 0 unspecified atom stereocenters. The van der Waals surface area contributed by atoms with Gasteiger partial charge in [-0.2, -0.15) is 0 Å². The molecule has 0 aliphatic carbocycles. The van der Waals surface area contributed by atoms with Crippen LogP contribution in [0.4, 0.5) is 0 Å². The molecule has 0 saturated heterocycles. The number of hydrogen-bond donors (Lipinski definition) is 2. The zero-order valence-electron chi connectivity index (χ0n) is 9.99. The Hall–Kier alpha value is -1.35. The van der Waals surface area contributed by atoms with Crippen LogP contribution < -0.4 is 10.6 Å². The first-order valence-electron chi connectivity index (χ1n) is 5.73. The van der Waals surface area contributed by atoms with E-state index >= 15 is 0 Å². The Morgan fingerprint density at radius 2 is 2.00 bits per heavy atom. The van der Waals surface area contributed by atoms with Gasteiger partial charge >= 0.3 is 0 Å². The number of nitrogens with one attached hydrogen (secondary N) is 2. The molecule has 1 amide bonds. The lowest BCUT2D eigenvalue weighted by molar-refractivity contribution is -0.122. The fourth-order valence-electron chi connectivity index (χ4n) is 1.43. The highest BCUT2D eigenvalue weighted by Gasteiger charge is 2.07. The lowest BCUT2D eigenvalue weighted by Crippen LogP contribution is -2.40. The molecule has 2 N–H and O–H groups in total. The van der Waals surface area contributed by atoms with E-state index in [0.717, 1.165) is 19.4 Å². The summed E-state index contributed by atoms with van der Waals surface area (Å²) in [4.78, 5) is 11.4. The standard InChI is InChI=1S/C13H20N2O/c1-11(14-2)13(16)15-10-6-9-12-7-4-3-5-8-12/h3-5,7-8,11,14H,6,9-10H2,1-2H3,(H,15,16)/t11-/m1/s1. The monoisotopic (exact) mass is 220 g/mol. The molecule has 88 valence electrons. The van der Waals surface area contributed by atoms with Gasteiger partial charge in [0.1, 0.15) is 0 Å². The molecule has 0 fully saturated rings. The Morgan fingerprint density at radius 1 is 1.31 bits per heavy atom. The first kappa shape index (κ1) is 12.7. The van der Waals surface area contributed by atoms with Crippen molar-refractivity contribution in [1.82, 2.24) is 10.6 Å². The van der Waals surface area contributed by atoms with Gasteiger partial charge in [-0.05, 0) is 32.4 Å². The largest absolute Gasteiger partial charge is 0.355 e. The third kappa shape index (κ3) is 4.45. The Bertz CT molecular complexity index is 311. The molecule has 0 spiro atoms. The van der Waals surface area contributed by atoms with Crippen molar-refractivity contribution in [3.8, 4) is 0 Å². The minimum Gasteiger partial charge on any atom is -0.355 e. The minimum absolute atomic E-state index is 0.0653. The van der Waals surface area contributed by atoms with Gasteiger partial charge in [-0.25, -0.2) is 0 Å². The molecule has 1 rings (SSSR count). The number of benzene rings is 1. The van der Waals surface area contributed by atoms with E-state index in [1.54, 1.807) is 7.05 Å². The second kappa shape index (κ2) is 7.01. The highest BCUT2D eigenvalue weighted by molar-refractivity contribution is 5.81. The summed E-state index contributed by atoms with van der Waals surface area (Å²) >= 11 is 0. The van der Waals surface area contributed by atoms with Crippen LogP contribution in [0.15, 0.2) is 30.3 Å². The average molecular weight is 220 g/mol. The third-order valence-electron chi connectivity index (χ3n) is 2.61. The van der Waals surface area contributed by atoms with Crippen molar-refractivity contribution in [3.63, 3.8) is 0 Å². The number of carbonyl (C=O) groups excluding carboxylic acids is 1. The average Bonchev–Trinajstić information content (AvgIpc) is 2.34. The molecular formula is C13H20N2O. The predicted molar refractivity (Wildman–Crippen MR) is 66.3 cm³/mol. The summed E-state index contributed by atoms with van der Waals surface area (Å²) < 4.78 is 0. The molecule has 0 aromatic heterocycles. The van der Waals surface area contributed by atoms with Crippen LogP contribution in [0.3, 0.4) is 0 Å². The molecule has 0 bridgehead atoms. The summed E-state index contributed by atoms with van der Waals surface area (Å²) in [6, 6.07) is 10.2. The van der Waals surface area contributed by atoms with Crippen molar-refractivity contribution in [1.29, 1.82) is 0 Å². The molecule has 1 aromatic carbocycles. The highest BCUT2D eigenvalue weighted by atomic mass is 16.2. The van der Waals surface area contributed by atoms with Crippen LogP contribution in [0.5, 0.6) is 0 Å². The van der Waals surface area contributed by atoms with Crippen LogP contribution in [0.2, 0.25) is 0 Å². The molecule has 3 nitrogen and oxygen atoms in total. The van der Waals surface area contributed by atoms with E-state index in [2.05, 4.69) is 22.8 Å². The first-order valence-corrected chi connectivity index (χ1v) is 5.73. The normalized spacial score (nSPS) is 12.1. The van der Waals surface area contributed by atoms with E-state index in [4.69, 9.17) is 0 Å². The van der Waals surface area contributed by atoms with Gasteiger partial charge in [-0.15, -0.1) is 0 Å². The van der Waals surface area contributed by atoms with E-state index in [0.29, 0.717) is 0 Å². The molecule has 1 aromatic rings. The van der Waals surface area contributed by atoms with Crippen molar-refractivity contribution in [3.05, 3.63) is 35.9 Å². The SMILES string of the molecule is CN[C@H](C)C(=O)NCCCc1ccccc1. The van der Waals surface area contributed by atoms with Crippen molar-refractivity contribution in [2.75, 3.05) is 13.6 Å². The summed E-state index contributed by atoms with van der Waals surface area (Å²) in [6.07, 6.45) is 1.99. The summed E-state index contributed by atoms with van der Waals surface area (Å²) in [5.74, 6) is 0.0653. The van der Waals surface area contributed by atoms with E-state index in [1.165, 1.54) is 5.56 Å². The maximum atomic E-state index is 11.4. The van der Waals surface area contributed by atoms with Gasteiger partial charge in [0.15, 0.2) is 0 Å². The second-order valence-electron chi connectivity index (χ2n) is 3.89. The third-order valence-corrected chi connectivity index (χ3v) is 2.61. The van der Waals surface area contributed by atoms with Gasteiger partial charge in [-0.3, -0.25) is 4.79 Å². The first-order chi connectivity index (χ1) is 7.74. The van der Waals surface area contributed by atoms with Gasteiger partial charge in [-0.1, -0.05) is 30.3 Å². The fraction of sp³-hybridized carbons (Fsp3) is 0.462. The van der Waals surface area contributed by atoms with E-state index in [-0.39, 0.29) is 11.9 Å². The Labute approximate surface area is 97.2 Å². The smallest absolute Gasteiger partial charge is 0.236 e. The van der Waals surface area contributed by atoms with Crippen molar-refractivity contribution in [2.24, 2.45) is 0 Å². The van der Waals surface area contributed by atoms with E-state index in [9.17, 15) is 4.79 Å². The maximum absolute atomic E-state index is 11.4. The van der Waals surface area contributed by atoms with Crippen LogP contribution in [0.25, 0.3) is 0 Å². The molecule has 0 saturated carbocycles. The quantitative estimate of drug-likeness (QED) is 0.710. The van der Waals surface area contributed by atoms with Gasteiger partial charge < -0.3 is 10.6 Å². The fourth-order valence-corrected chi connectivity index (χ4v) is 1.43. The Morgan fingerprint density at radius 3 is 2.62 bits per heavy atom. The molecule has 0 aliphatic rings. The number of rotatable bonds is 6. The predicted octanol–water partition coefficient (Wildman–Crippen LogP) is 1.34. The van der Waals surface area contributed by atoms with E-state index in [1.807, 2.05) is 25.1 Å². The number of hydrogen-bond acceptors (Lipinski definition) is 2. The number of amides is 1. The lowest BCUT2D eigenvalue weighted by Gasteiger charge is -2.10. The van der Waals surface area contributed by atoms with Crippen LogP contribution in [-0.2, 0) is 11.2 Å². The number of aryl methyl sites for hydroxylation is 1. The van der Waals surface area contributed by atoms with Crippen LogP contribution in [0, 0.1) is 0 Å². The van der Waals surface area contributed by atoms with Crippen molar-refractivity contribution >= 4 is 5.91 Å². The van der Waals surface area contributed by atoms with Crippen molar-refractivity contribution in [2.45, 2.75) is 25.8 Å². The number of likely N-dealkylation sites (N-methyl/N-ethyl adjacent to an activating group) is 1. The van der Waals surface area contributed by atoms with Gasteiger partial charge in [0.05, 0.1) is 6.04 Å². The molecule has 0 heterocycles. The maximum Gasteiger partial charge on any atom is 0.236 e. The summed E-state index contributed by atoms with van der Waals surface area (Å²) in [5, 5.41) is 5.81. The number of carbonyl (C=O) groups is 1. The van der Waals surface area contributed by atoms with Crippen LogP contribution >= 0.6 is 0 Å². The molecule has 3 heteroatoms. The topological polar surface area (TPSA) is 41.1 Å². The van der Waals surface area contributed by atoms with Gasteiger partial charge in [0, 0.05) is 6.54 Å². The Balaban J connectivity index is 2.15. The Kier molecular flexibility index (Phi) is 5.57.